The summed E-state index contributed by atoms with van der Waals surface area (Å²) in [5, 5.41) is 9.44. The quantitative estimate of drug-likeness (QED) is 0.172. The van der Waals surface area contributed by atoms with Crippen molar-refractivity contribution in [2.75, 3.05) is 13.2 Å². The molecular weight excluding hydrogens is 520 g/mol. The highest BCUT2D eigenvalue weighted by Gasteiger charge is 2.43. The fraction of sp³-hybridized carbons (Fsp3) is 0.452. The van der Waals surface area contributed by atoms with Crippen LogP contribution in [0.1, 0.15) is 63.0 Å². The highest BCUT2D eigenvalue weighted by molar-refractivity contribution is 5.79. The van der Waals surface area contributed by atoms with Crippen LogP contribution in [0.25, 0.3) is 0 Å². The molecule has 1 N–H and O–H groups in total. The lowest BCUT2D eigenvalue weighted by atomic mass is 10.0. The first-order chi connectivity index (χ1) is 19.2. The summed E-state index contributed by atoms with van der Waals surface area (Å²) in [4.78, 5) is 38.3. The number of unbranched alkanes of at least 4 members (excludes halogenated alkanes) is 3. The second kappa shape index (κ2) is 15.1. The van der Waals surface area contributed by atoms with Gasteiger partial charge in [-0.15, -0.1) is 0 Å². The van der Waals surface area contributed by atoms with E-state index in [2.05, 4.69) is 0 Å². The van der Waals surface area contributed by atoms with Gasteiger partial charge in [0.1, 0.15) is 5.75 Å². The number of phenolic OH excluding ortho intramolecular Hbond substituents is 1. The van der Waals surface area contributed by atoms with E-state index in [0.717, 1.165) is 19.3 Å². The lowest BCUT2D eigenvalue weighted by Gasteiger charge is -2.27. The average molecular weight is 558 g/mol. The molecule has 1 aliphatic rings. The Kier molecular flexibility index (Phi) is 11.7. The number of carbonyl (C=O) groups is 3. The molecule has 2 atom stereocenters. The first-order valence-electron chi connectivity index (χ1n) is 13.7. The number of amides is 1. The number of alkyl halides is 2. The molecule has 0 aromatic heterocycles. The van der Waals surface area contributed by atoms with Crippen LogP contribution in [0, 0.1) is 0 Å². The Bertz CT molecular complexity index is 1140. The van der Waals surface area contributed by atoms with Crippen LogP contribution in [-0.4, -0.2) is 53.1 Å². The molecule has 2 aromatic carbocycles. The van der Waals surface area contributed by atoms with Crippen molar-refractivity contribution in [2.24, 2.45) is 0 Å². The summed E-state index contributed by atoms with van der Waals surface area (Å²) in [5.74, 6) is -4.57. The Morgan fingerprint density at radius 1 is 1.05 bits per heavy atom. The second-order valence-corrected chi connectivity index (χ2v) is 9.79. The van der Waals surface area contributed by atoms with Gasteiger partial charge in [0, 0.05) is 24.9 Å². The second-order valence-electron chi connectivity index (χ2n) is 9.79. The largest absolute Gasteiger partial charge is 0.508 e. The molecule has 0 unspecified atom stereocenters. The summed E-state index contributed by atoms with van der Waals surface area (Å²) in [6.45, 7) is 2.61. The highest BCUT2D eigenvalue weighted by Crippen LogP contribution is 2.35. The maximum atomic E-state index is 15.6. The number of benzene rings is 2. The summed E-state index contributed by atoms with van der Waals surface area (Å²) in [5.41, 5.74) is 0.229. The summed E-state index contributed by atoms with van der Waals surface area (Å²) >= 11 is 0. The van der Waals surface area contributed by atoms with Gasteiger partial charge in [0.05, 0.1) is 19.1 Å². The van der Waals surface area contributed by atoms with E-state index in [9.17, 15) is 19.5 Å². The molecule has 1 fully saturated rings. The van der Waals surface area contributed by atoms with Crippen molar-refractivity contribution in [3.05, 3.63) is 77.9 Å². The number of phenols is 1. The number of likely N-dealkylation sites (tertiary alicyclic amines) is 1. The van der Waals surface area contributed by atoms with Crippen LogP contribution in [0.15, 0.2) is 66.7 Å². The van der Waals surface area contributed by atoms with Gasteiger partial charge < -0.3 is 19.5 Å². The number of hydrogen-bond acceptors (Lipinski definition) is 6. The van der Waals surface area contributed by atoms with E-state index < -0.39 is 18.0 Å². The maximum absolute atomic E-state index is 15.6. The molecule has 1 saturated heterocycles. The van der Waals surface area contributed by atoms with Crippen LogP contribution >= 0.6 is 0 Å². The Morgan fingerprint density at radius 3 is 2.45 bits per heavy atom. The fourth-order valence-electron chi connectivity index (χ4n) is 4.64. The van der Waals surface area contributed by atoms with E-state index in [1.807, 2.05) is 0 Å². The smallest absolute Gasteiger partial charge is 0.312 e. The monoisotopic (exact) mass is 557 g/mol. The van der Waals surface area contributed by atoms with Crippen molar-refractivity contribution in [2.45, 2.75) is 76.4 Å². The zero-order chi connectivity index (χ0) is 29.0. The van der Waals surface area contributed by atoms with E-state index in [1.165, 1.54) is 54.6 Å². The van der Waals surface area contributed by atoms with Crippen LogP contribution in [0.4, 0.5) is 8.78 Å². The number of ether oxygens (including phenoxy) is 2. The van der Waals surface area contributed by atoms with Crippen LogP contribution in [0.2, 0.25) is 0 Å². The lowest BCUT2D eigenvalue weighted by Crippen LogP contribution is -2.36. The molecule has 7 nitrogen and oxygen atoms in total. The van der Waals surface area contributed by atoms with Gasteiger partial charge in [0.15, 0.2) is 6.10 Å². The van der Waals surface area contributed by atoms with E-state index in [4.69, 9.17) is 9.47 Å². The lowest BCUT2D eigenvalue weighted by molar-refractivity contribution is -0.167. The Labute approximate surface area is 233 Å². The van der Waals surface area contributed by atoms with Crippen LogP contribution in [0.5, 0.6) is 5.75 Å². The van der Waals surface area contributed by atoms with Gasteiger partial charge >= 0.3 is 17.9 Å². The molecule has 9 heteroatoms. The minimum Gasteiger partial charge on any atom is -0.508 e. The molecular formula is C31H37F2NO6. The molecule has 0 saturated carbocycles. The zero-order valence-electron chi connectivity index (χ0n) is 22.8. The molecule has 3 rings (SSSR count). The molecule has 0 bridgehead atoms. The van der Waals surface area contributed by atoms with Crippen molar-refractivity contribution in [1.29, 1.82) is 0 Å². The Hall–Kier alpha value is -3.75. The number of esters is 2. The number of hydrogen-bond donors (Lipinski definition) is 1. The van der Waals surface area contributed by atoms with Crippen molar-refractivity contribution in [1.82, 2.24) is 4.90 Å². The molecule has 216 valence electrons. The third-order valence-corrected chi connectivity index (χ3v) is 6.78. The minimum absolute atomic E-state index is 0.0286. The van der Waals surface area contributed by atoms with Crippen molar-refractivity contribution in [3.63, 3.8) is 0 Å². The number of nitrogens with zero attached hydrogens (tertiary/aromatic N) is 1. The molecule has 0 radical (unpaired) electrons. The number of rotatable bonds is 15. The average Bonchev–Trinajstić information content (AvgIpc) is 3.29. The SMILES string of the molecule is CCOC(=O)CCCCCCN1C(=O)CC[C@@H]1/C=C/[C@@H](OC(=O)Cc1ccc(O)cc1)C(F)(F)c1ccccc1. The number of halogens is 2. The van der Waals surface area contributed by atoms with E-state index in [-0.39, 0.29) is 35.7 Å². The minimum atomic E-state index is -3.51. The van der Waals surface area contributed by atoms with E-state index in [0.29, 0.717) is 44.4 Å². The van der Waals surface area contributed by atoms with Gasteiger partial charge in [0.2, 0.25) is 5.91 Å². The third kappa shape index (κ3) is 9.17. The van der Waals surface area contributed by atoms with Gasteiger partial charge in [-0.25, -0.2) is 0 Å². The summed E-state index contributed by atoms with van der Waals surface area (Å²) in [7, 11) is 0. The van der Waals surface area contributed by atoms with Gasteiger partial charge in [-0.3, -0.25) is 14.4 Å². The normalized spacial score (nSPS) is 16.3. The van der Waals surface area contributed by atoms with Crippen LogP contribution in [0.3, 0.4) is 0 Å². The van der Waals surface area contributed by atoms with Gasteiger partial charge in [-0.2, -0.15) is 8.78 Å². The Balaban J connectivity index is 1.65. The number of aromatic hydroxyl groups is 1. The summed E-state index contributed by atoms with van der Waals surface area (Å²) < 4.78 is 41.4. The summed E-state index contributed by atoms with van der Waals surface area (Å²) in [6, 6.07) is 12.7. The zero-order valence-corrected chi connectivity index (χ0v) is 22.8. The van der Waals surface area contributed by atoms with Crippen LogP contribution in [-0.2, 0) is 36.2 Å². The third-order valence-electron chi connectivity index (χ3n) is 6.78. The van der Waals surface area contributed by atoms with Gasteiger partial charge in [-0.1, -0.05) is 61.4 Å². The maximum Gasteiger partial charge on any atom is 0.312 e. The molecule has 2 aromatic rings. The molecule has 40 heavy (non-hydrogen) atoms. The molecule has 1 heterocycles. The first-order valence-corrected chi connectivity index (χ1v) is 13.7. The molecule has 1 aliphatic heterocycles. The standard InChI is InChI=1S/C31H37F2NO6/c1-2-39-29(37)12-8-3-4-9-21-34-25(16-20-28(34)36)15-19-27(31(32,33)24-10-6-5-7-11-24)40-30(38)22-23-13-17-26(35)18-14-23/h5-7,10-11,13-15,17-19,25,27,35H,2-4,8-9,12,16,20-22H2,1H3/b19-15+/t25-,27+/m0/s1. The van der Waals surface area contributed by atoms with Crippen molar-refractivity contribution in [3.8, 4) is 5.75 Å². The fourth-order valence-corrected chi connectivity index (χ4v) is 4.64. The molecule has 0 spiro atoms. The van der Waals surface area contributed by atoms with E-state index >= 15 is 8.78 Å². The summed E-state index contributed by atoms with van der Waals surface area (Å²) in [6.07, 6.45) is 4.88. The topological polar surface area (TPSA) is 93.1 Å². The predicted octanol–water partition coefficient (Wildman–Crippen LogP) is 5.70. The predicted molar refractivity (Wildman–Crippen MR) is 146 cm³/mol. The number of carbonyl (C=O) groups excluding carboxylic acids is 3. The molecule has 1 amide bonds. The van der Waals surface area contributed by atoms with Crippen molar-refractivity contribution < 1.29 is 37.7 Å². The van der Waals surface area contributed by atoms with Gasteiger partial charge in [0.25, 0.3) is 0 Å². The van der Waals surface area contributed by atoms with E-state index in [1.54, 1.807) is 24.0 Å². The highest BCUT2D eigenvalue weighted by atomic mass is 19.3. The van der Waals surface area contributed by atoms with Gasteiger partial charge in [-0.05, 0) is 50.0 Å². The Morgan fingerprint density at radius 2 is 1.75 bits per heavy atom. The van der Waals surface area contributed by atoms with Crippen molar-refractivity contribution >= 4 is 17.8 Å². The molecule has 0 aliphatic carbocycles. The van der Waals surface area contributed by atoms with Crippen LogP contribution < -0.4 is 0 Å². The first kappa shape index (κ1) is 30.8.